The van der Waals surface area contributed by atoms with Gasteiger partial charge in [-0.05, 0) is 35.9 Å². The first kappa shape index (κ1) is 10.7. The molecular formula is C16H12N2. The third-order valence-electron chi connectivity index (χ3n) is 2.73. The predicted molar refractivity (Wildman–Crippen MR) is 74.9 cm³/mol. The lowest BCUT2D eigenvalue weighted by molar-refractivity contribution is 1.27. The van der Waals surface area contributed by atoms with E-state index >= 15 is 0 Å². The summed E-state index contributed by atoms with van der Waals surface area (Å²) in [4.78, 5) is 8.74. The SMILES string of the molecule is C(=C\c1ccc2cccnc2n1)/c1ccccc1. The molecule has 2 heterocycles. The van der Waals surface area contributed by atoms with Crippen molar-refractivity contribution in [2.45, 2.75) is 0 Å². The molecule has 0 saturated carbocycles. The summed E-state index contributed by atoms with van der Waals surface area (Å²) in [6, 6.07) is 18.2. The van der Waals surface area contributed by atoms with E-state index in [1.807, 2.05) is 48.5 Å². The highest BCUT2D eigenvalue weighted by Gasteiger charge is 1.95. The van der Waals surface area contributed by atoms with Crippen molar-refractivity contribution < 1.29 is 0 Å². The van der Waals surface area contributed by atoms with Crippen LogP contribution in [-0.2, 0) is 0 Å². The Labute approximate surface area is 106 Å². The van der Waals surface area contributed by atoms with Crippen LogP contribution in [0.4, 0.5) is 0 Å². The van der Waals surface area contributed by atoms with E-state index in [0.717, 1.165) is 16.7 Å². The van der Waals surface area contributed by atoms with Crippen LogP contribution in [0.1, 0.15) is 11.3 Å². The highest BCUT2D eigenvalue weighted by molar-refractivity contribution is 5.77. The zero-order chi connectivity index (χ0) is 12.2. The summed E-state index contributed by atoms with van der Waals surface area (Å²) in [5, 5.41) is 1.06. The van der Waals surface area contributed by atoms with Crippen LogP contribution in [0.2, 0.25) is 0 Å². The minimum absolute atomic E-state index is 0.785. The second kappa shape index (κ2) is 4.80. The normalized spacial score (nSPS) is 11.1. The van der Waals surface area contributed by atoms with E-state index in [-0.39, 0.29) is 0 Å². The molecule has 0 aliphatic heterocycles. The molecular weight excluding hydrogens is 220 g/mol. The smallest absolute Gasteiger partial charge is 0.159 e. The molecule has 0 radical (unpaired) electrons. The molecule has 3 rings (SSSR count). The second-order valence-electron chi connectivity index (χ2n) is 4.03. The molecule has 0 spiro atoms. The molecule has 0 fully saturated rings. The van der Waals surface area contributed by atoms with Gasteiger partial charge in [0.2, 0.25) is 0 Å². The summed E-state index contributed by atoms with van der Waals surface area (Å²) in [5.41, 5.74) is 2.87. The summed E-state index contributed by atoms with van der Waals surface area (Å²) < 4.78 is 0. The third-order valence-corrected chi connectivity index (χ3v) is 2.73. The van der Waals surface area contributed by atoms with Gasteiger partial charge in [-0.25, -0.2) is 9.97 Å². The number of nitrogens with zero attached hydrogens (tertiary/aromatic N) is 2. The molecule has 0 atom stereocenters. The Hall–Kier alpha value is -2.48. The van der Waals surface area contributed by atoms with Crippen LogP contribution in [0.5, 0.6) is 0 Å². The molecule has 0 bridgehead atoms. The molecule has 0 amide bonds. The standard InChI is InChI=1S/C16H12N2/c1-2-5-13(6-3-1)8-10-15-11-9-14-7-4-12-17-16(14)18-15/h1-12H/b10-8+. The number of benzene rings is 1. The molecule has 0 aliphatic carbocycles. The van der Waals surface area contributed by atoms with E-state index in [2.05, 4.69) is 28.2 Å². The number of fused-ring (bicyclic) bond motifs is 1. The maximum atomic E-state index is 4.49. The van der Waals surface area contributed by atoms with Crippen LogP contribution < -0.4 is 0 Å². The van der Waals surface area contributed by atoms with Gasteiger partial charge in [0.05, 0.1) is 5.69 Å². The molecule has 0 N–H and O–H groups in total. The minimum atomic E-state index is 0.785. The number of hydrogen-bond acceptors (Lipinski definition) is 2. The Kier molecular flexibility index (Phi) is 2.84. The van der Waals surface area contributed by atoms with Gasteiger partial charge >= 0.3 is 0 Å². The number of rotatable bonds is 2. The Balaban J connectivity index is 1.93. The monoisotopic (exact) mass is 232 g/mol. The van der Waals surface area contributed by atoms with Crippen LogP contribution in [-0.4, -0.2) is 9.97 Å². The van der Waals surface area contributed by atoms with Crippen molar-refractivity contribution in [2.75, 3.05) is 0 Å². The fraction of sp³-hybridized carbons (Fsp3) is 0. The molecule has 2 heteroatoms. The van der Waals surface area contributed by atoms with Crippen molar-refractivity contribution in [1.29, 1.82) is 0 Å². The van der Waals surface area contributed by atoms with Gasteiger partial charge in [-0.3, -0.25) is 0 Å². The first-order valence-electron chi connectivity index (χ1n) is 5.87. The maximum Gasteiger partial charge on any atom is 0.159 e. The summed E-state index contributed by atoms with van der Waals surface area (Å²) in [6.45, 7) is 0. The maximum absolute atomic E-state index is 4.49. The van der Waals surface area contributed by atoms with E-state index in [1.54, 1.807) is 6.20 Å². The first-order chi connectivity index (χ1) is 8.92. The Morgan fingerprint density at radius 3 is 2.56 bits per heavy atom. The van der Waals surface area contributed by atoms with Crippen molar-refractivity contribution in [1.82, 2.24) is 9.97 Å². The van der Waals surface area contributed by atoms with Crippen molar-refractivity contribution in [3.8, 4) is 0 Å². The lowest BCUT2D eigenvalue weighted by Gasteiger charge is -1.97. The average molecular weight is 232 g/mol. The fourth-order valence-corrected chi connectivity index (χ4v) is 1.81. The van der Waals surface area contributed by atoms with Gasteiger partial charge in [0, 0.05) is 11.6 Å². The summed E-state index contributed by atoms with van der Waals surface area (Å²) >= 11 is 0. The Morgan fingerprint density at radius 2 is 1.67 bits per heavy atom. The van der Waals surface area contributed by atoms with Gasteiger partial charge in [-0.15, -0.1) is 0 Å². The van der Waals surface area contributed by atoms with E-state index in [1.165, 1.54) is 5.56 Å². The molecule has 86 valence electrons. The van der Waals surface area contributed by atoms with Gasteiger partial charge in [0.15, 0.2) is 5.65 Å². The van der Waals surface area contributed by atoms with Crippen molar-refractivity contribution in [3.63, 3.8) is 0 Å². The highest BCUT2D eigenvalue weighted by atomic mass is 14.8. The number of aromatic nitrogens is 2. The van der Waals surface area contributed by atoms with E-state index in [0.29, 0.717) is 0 Å². The quantitative estimate of drug-likeness (QED) is 0.671. The largest absolute Gasteiger partial charge is 0.237 e. The predicted octanol–water partition coefficient (Wildman–Crippen LogP) is 3.80. The zero-order valence-electron chi connectivity index (χ0n) is 9.82. The summed E-state index contributed by atoms with van der Waals surface area (Å²) in [5.74, 6) is 0. The van der Waals surface area contributed by atoms with Crippen molar-refractivity contribution >= 4 is 23.2 Å². The zero-order valence-corrected chi connectivity index (χ0v) is 9.82. The number of pyridine rings is 2. The van der Waals surface area contributed by atoms with Crippen LogP contribution in [0.15, 0.2) is 60.8 Å². The average Bonchev–Trinajstić information content (AvgIpc) is 2.46. The van der Waals surface area contributed by atoms with Crippen LogP contribution in [0.25, 0.3) is 23.2 Å². The van der Waals surface area contributed by atoms with Crippen LogP contribution in [0, 0.1) is 0 Å². The molecule has 18 heavy (non-hydrogen) atoms. The lowest BCUT2D eigenvalue weighted by Crippen LogP contribution is -1.85. The molecule has 2 aromatic heterocycles. The number of hydrogen-bond donors (Lipinski definition) is 0. The lowest BCUT2D eigenvalue weighted by atomic mass is 10.2. The van der Waals surface area contributed by atoms with Gasteiger partial charge in [-0.2, -0.15) is 0 Å². The topological polar surface area (TPSA) is 25.8 Å². The second-order valence-corrected chi connectivity index (χ2v) is 4.03. The molecule has 0 unspecified atom stereocenters. The van der Waals surface area contributed by atoms with Crippen molar-refractivity contribution in [3.05, 3.63) is 72.1 Å². The van der Waals surface area contributed by atoms with Gasteiger partial charge < -0.3 is 0 Å². The van der Waals surface area contributed by atoms with Crippen molar-refractivity contribution in [2.24, 2.45) is 0 Å². The fourth-order valence-electron chi connectivity index (χ4n) is 1.81. The summed E-state index contributed by atoms with van der Waals surface area (Å²) in [7, 11) is 0. The minimum Gasteiger partial charge on any atom is -0.237 e. The van der Waals surface area contributed by atoms with Gasteiger partial charge in [0.25, 0.3) is 0 Å². The third kappa shape index (κ3) is 2.28. The van der Waals surface area contributed by atoms with Gasteiger partial charge in [0.1, 0.15) is 0 Å². The van der Waals surface area contributed by atoms with Crippen LogP contribution in [0.3, 0.4) is 0 Å². The molecule has 0 saturated heterocycles. The Bertz CT molecular complexity index is 688. The van der Waals surface area contributed by atoms with E-state index in [4.69, 9.17) is 0 Å². The molecule has 2 nitrogen and oxygen atoms in total. The van der Waals surface area contributed by atoms with Crippen LogP contribution >= 0.6 is 0 Å². The molecule has 0 aliphatic rings. The van der Waals surface area contributed by atoms with Gasteiger partial charge in [-0.1, -0.05) is 36.4 Å². The Morgan fingerprint density at radius 1 is 0.778 bits per heavy atom. The van der Waals surface area contributed by atoms with E-state index < -0.39 is 0 Å². The summed E-state index contributed by atoms with van der Waals surface area (Å²) in [6.07, 6.45) is 5.82. The molecule has 1 aromatic carbocycles. The molecule has 3 aromatic rings. The first-order valence-corrected chi connectivity index (χ1v) is 5.87. The van der Waals surface area contributed by atoms with E-state index in [9.17, 15) is 0 Å². The highest BCUT2D eigenvalue weighted by Crippen LogP contribution is 2.11.